The van der Waals surface area contributed by atoms with Crippen molar-refractivity contribution in [3.05, 3.63) is 95.3 Å². The molecule has 3 aromatic carbocycles. The number of unbranched alkanes of at least 4 members (excludes halogenated alkanes) is 1. The molecule has 39 heavy (non-hydrogen) atoms. The smallest absolute Gasteiger partial charge is 0.264 e. The summed E-state index contributed by atoms with van der Waals surface area (Å²) in [6, 6.07) is 18.3. The van der Waals surface area contributed by atoms with Crippen molar-refractivity contribution < 1.29 is 22.4 Å². The molecule has 0 saturated carbocycles. The third-order valence-electron chi connectivity index (χ3n) is 6.47. The minimum absolute atomic E-state index is 0.0356. The molecule has 1 atom stereocenters. The molecule has 9 heteroatoms. The fourth-order valence-electron chi connectivity index (χ4n) is 4.08. The lowest BCUT2D eigenvalue weighted by Gasteiger charge is -2.32. The highest BCUT2D eigenvalue weighted by atomic mass is 32.2. The van der Waals surface area contributed by atoms with Crippen molar-refractivity contribution in [2.24, 2.45) is 0 Å². The maximum Gasteiger partial charge on any atom is 0.264 e. The molecular formula is C30H36FN3O4S. The van der Waals surface area contributed by atoms with Crippen LogP contribution in [0.2, 0.25) is 0 Å². The summed E-state index contributed by atoms with van der Waals surface area (Å²) in [5.41, 5.74) is 2.25. The molecule has 3 rings (SSSR count). The highest BCUT2D eigenvalue weighted by Gasteiger charge is 2.32. The summed E-state index contributed by atoms with van der Waals surface area (Å²) in [5.74, 6) is -1.54. The third-order valence-corrected chi connectivity index (χ3v) is 8.26. The second-order valence-electron chi connectivity index (χ2n) is 9.60. The number of sulfonamides is 1. The Bertz CT molecular complexity index is 1390. The highest BCUT2D eigenvalue weighted by molar-refractivity contribution is 7.92. The first kappa shape index (κ1) is 29.8. The SMILES string of the molecule is CCCCNC(=O)[C@@H](C)N(Cc1ccccc1F)C(=O)CN(c1cccc(C)c1)S(=O)(=O)c1ccc(C)cc1. The van der Waals surface area contributed by atoms with Gasteiger partial charge in [-0.05, 0) is 63.1 Å². The van der Waals surface area contributed by atoms with Crippen LogP contribution in [-0.2, 0) is 26.2 Å². The van der Waals surface area contributed by atoms with Gasteiger partial charge in [-0.1, -0.05) is 61.4 Å². The van der Waals surface area contributed by atoms with E-state index < -0.39 is 40.2 Å². The Labute approximate surface area is 230 Å². The summed E-state index contributed by atoms with van der Waals surface area (Å²) in [5, 5.41) is 2.81. The Morgan fingerprint density at radius 1 is 0.949 bits per heavy atom. The lowest BCUT2D eigenvalue weighted by molar-refractivity contribution is -0.139. The number of benzene rings is 3. The van der Waals surface area contributed by atoms with E-state index in [0.29, 0.717) is 12.2 Å². The van der Waals surface area contributed by atoms with Crippen molar-refractivity contribution in [2.45, 2.75) is 58.0 Å². The normalized spacial score (nSPS) is 12.0. The van der Waals surface area contributed by atoms with Crippen molar-refractivity contribution in [1.29, 1.82) is 0 Å². The molecule has 0 unspecified atom stereocenters. The second-order valence-corrected chi connectivity index (χ2v) is 11.5. The van der Waals surface area contributed by atoms with Gasteiger partial charge >= 0.3 is 0 Å². The van der Waals surface area contributed by atoms with Gasteiger partial charge in [0.25, 0.3) is 10.0 Å². The zero-order valence-electron chi connectivity index (χ0n) is 22.9. The number of hydrogen-bond acceptors (Lipinski definition) is 4. The zero-order valence-corrected chi connectivity index (χ0v) is 23.7. The van der Waals surface area contributed by atoms with Gasteiger partial charge in [0, 0.05) is 18.7 Å². The van der Waals surface area contributed by atoms with E-state index >= 15 is 0 Å². The highest BCUT2D eigenvalue weighted by Crippen LogP contribution is 2.26. The summed E-state index contributed by atoms with van der Waals surface area (Å²) in [6.45, 7) is 6.92. The molecule has 0 aromatic heterocycles. The largest absolute Gasteiger partial charge is 0.354 e. The lowest BCUT2D eigenvalue weighted by Crippen LogP contribution is -2.51. The number of nitrogens with one attached hydrogen (secondary N) is 1. The number of rotatable bonds is 12. The standard InChI is InChI=1S/C30H36FN3O4S/c1-5-6-18-32-30(36)24(4)33(20-25-11-7-8-13-28(25)31)29(35)21-34(26-12-9-10-23(3)19-26)39(37,38)27-16-14-22(2)15-17-27/h7-17,19,24H,5-6,18,20-21H2,1-4H3,(H,32,36)/t24-/m1/s1. The van der Waals surface area contributed by atoms with Crippen LogP contribution in [0.3, 0.4) is 0 Å². The van der Waals surface area contributed by atoms with Crippen LogP contribution in [0, 0.1) is 19.7 Å². The molecule has 3 aromatic rings. The molecule has 2 amide bonds. The average Bonchev–Trinajstić information content (AvgIpc) is 2.91. The average molecular weight is 554 g/mol. The Balaban J connectivity index is 2.01. The van der Waals surface area contributed by atoms with Gasteiger partial charge in [-0.3, -0.25) is 13.9 Å². The van der Waals surface area contributed by atoms with Crippen LogP contribution < -0.4 is 9.62 Å². The maximum atomic E-state index is 14.6. The van der Waals surface area contributed by atoms with Crippen molar-refractivity contribution in [3.63, 3.8) is 0 Å². The number of anilines is 1. The third kappa shape index (κ3) is 7.66. The Kier molecular flexibility index (Phi) is 10.2. The van der Waals surface area contributed by atoms with Crippen LogP contribution in [0.1, 0.15) is 43.4 Å². The summed E-state index contributed by atoms with van der Waals surface area (Å²) in [4.78, 5) is 28.1. The van der Waals surface area contributed by atoms with Crippen LogP contribution in [0.4, 0.5) is 10.1 Å². The summed E-state index contributed by atoms with van der Waals surface area (Å²) < 4.78 is 43.3. The monoisotopic (exact) mass is 553 g/mol. The van der Waals surface area contributed by atoms with E-state index in [1.165, 1.54) is 23.1 Å². The molecule has 0 radical (unpaired) electrons. The van der Waals surface area contributed by atoms with E-state index in [2.05, 4.69) is 5.32 Å². The fraction of sp³-hybridized carbons (Fsp3) is 0.333. The number of nitrogens with zero attached hydrogens (tertiary/aromatic N) is 2. The van der Waals surface area contributed by atoms with Gasteiger partial charge in [0.1, 0.15) is 18.4 Å². The minimum atomic E-state index is -4.15. The van der Waals surface area contributed by atoms with Crippen LogP contribution in [0.25, 0.3) is 0 Å². The van der Waals surface area contributed by atoms with E-state index in [9.17, 15) is 22.4 Å². The van der Waals surface area contributed by atoms with Gasteiger partial charge in [-0.25, -0.2) is 12.8 Å². The lowest BCUT2D eigenvalue weighted by atomic mass is 10.1. The Morgan fingerprint density at radius 2 is 1.64 bits per heavy atom. The number of amides is 2. The van der Waals surface area contributed by atoms with Gasteiger partial charge in [-0.15, -0.1) is 0 Å². The Morgan fingerprint density at radius 3 is 2.28 bits per heavy atom. The molecule has 7 nitrogen and oxygen atoms in total. The van der Waals surface area contributed by atoms with E-state index in [1.807, 2.05) is 26.8 Å². The predicted molar refractivity (Wildman–Crippen MR) is 151 cm³/mol. The fourth-order valence-corrected chi connectivity index (χ4v) is 5.48. The van der Waals surface area contributed by atoms with Crippen LogP contribution in [0.15, 0.2) is 77.7 Å². The topological polar surface area (TPSA) is 86.8 Å². The second kappa shape index (κ2) is 13.4. The van der Waals surface area contributed by atoms with Gasteiger partial charge in [0.2, 0.25) is 11.8 Å². The van der Waals surface area contributed by atoms with E-state index in [4.69, 9.17) is 0 Å². The van der Waals surface area contributed by atoms with E-state index in [1.54, 1.807) is 55.5 Å². The van der Waals surface area contributed by atoms with Crippen LogP contribution in [0.5, 0.6) is 0 Å². The molecule has 0 aliphatic carbocycles. The van der Waals surface area contributed by atoms with Crippen molar-refractivity contribution >= 4 is 27.5 Å². The first-order valence-corrected chi connectivity index (χ1v) is 14.4. The number of carbonyl (C=O) groups excluding carboxylic acids is 2. The first-order valence-electron chi connectivity index (χ1n) is 13.0. The number of aryl methyl sites for hydroxylation is 2. The molecule has 208 valence electrons. The minimum Gasteiger partial charge on any atom is -0.354 e. The quantitative estimate of drug-likeness (QED) is 0.321. The molecule has 0 spiro atoms. The Hall–Kier alpha value is -3.72. The van der Waals surface area contributed by atoms with Gasteiger partial charge in [-0.2, -0.15) is 0 Å². The summed E-state index contributed by atoms with van der Waals surface area (Å²) >= 11 is 0. The van der Waals surface area contributed by atoms with Gasteiger partial charge < -0.3 is 10.2 Å². The molecule has 0 heterocycles. The number of hydrogen-bond donors (Lipinski definition) is 1. The number of halogens is 1. The molecule has 0 fully saturated rings. The van der Waals surface area contributed by atoms with Crippen molar-refractivity contribution in [1.82, 2.24) is 10.2 Å². The van der Waals surface area contributed by atoms with Crippen molar-refractivity contribution in [2.75, 3.05) is 17.4 Å². The molecule has 0 bridgehead atoms. The summed E-state index contributed by atoms with van der Waals surface area (Å²) in [7, 11) is -4.15. The van der Waals surface area contributed by atoms with Crippen molar-refractivity contribution in [3.8, 4) is 0 Å². The molecule has 0 saturated heterocycles. The van der Waals surface area contributed by atoms with Gasteiger partial charge in [0.15, 0.2) is 0 Å². The van der Waals surface area contributed by atoms with Crippen LogP contribution in [-0.4, -0.2) is 44.3 Å². The predicted octanol–water partition coefficient (Wildman–Crippen LogP) is 4.97. The molecular weight excluding hydrogens is 517 g/mol. The van der Waals surface area contributed by atoms with E-state index in [-0.39, 0.29) is 17.0 Å². The molecule has 0 aliphatic heterocycles. The number of carbonyl (C=O) groups is 2. The maximum absolute atomic E-state index is 14.6. The van der Waals surface area contributed by atoms with Crippen LogP contribution >= 0.6 is 0 Å². The first-order chi connectivity index (χ1) is 18.5. The van der Waals surface area contributed by atoms with E-state index in [0.717, 1.165) is 28.3 Å². The van der Waals surface area contributed by atoms with Gasteiger partial charge in [0.05, 0.1) is 10.6 Å². The molecule has 0 aliphatic rings. The summed E-state index contributed by atoms with van der Waals surface area (Å²) in [6.07, 6.45) is 1.66. The zero-order chi connectivity index (χ0) is 28.6. The molecule has 1 N–H and O–H groups in total.